The maximum atomic E-state index is 12.6. The number of sulfonamides is 1. The number of halogens is 2. The quantitative estimate of drug-likeness (QED) is 0.815. The summed E-state index contributed by atoms with van der Waals surface area (Å²) in [5.74, 6) is 0. The van der Waals surface area contributed by atoms with Crippen molar-refractivity contribution in [2.75, 3.05) is 26.4 Å². The van der Waals surface area contributed by atoms with Gasteiger partial charge in [-0.3, -0.25) is 0 Å². The summed E-state index contributed by atoms with van der Waals surface area (Å²) < 4.78 is 33.0. The largest absolute Gasteiger partial charge is 0.395 e. The lowest BCUT2D eigenvalue weighted by molar-refractivity contribution is 0.0109. The molecule has 0 amide bonds. The van der Waals surface area contributed by atoms with Crippen LogP contribution in [-0.4, -0.2) is 50.2 Å². The van der Waals surface area contributed by atoms with Crippen LogP contribution in [0, 0.1) is 0 Å². The minimum atomic E-state index is -3.65. The van der Waals surface area contributed by atoms with Crippen molar-refractivity contribution >= 4 is 41.9 Å². The van der Waals surface area contributed by atoms with Gasteiger partial charge in [0, 0.05) is 15.5 Å². The number of aliphatic hydroxyl groups excluding tert-OH is 1. The zero-order valence-electron chi connectivity index (χ0n) is 9.92. The topological polar surface area (TPSA) is 66.8 Å². The van der Waals surface area contributed by atoms with Crippen LogP contribution in [-0.2, 0) is 14.8 Å². The molecule has 0 saturated carbocycles. The Morgan fingerprint density at radius 3 is 2.79 bits per heavy atom. The normalized spacial score (nSPS) is 21.5. The maximum Gasteiger partial charge on any atom is 0.244 e. The molecule has 1 atom stereocenters. The summed E-state index contributed by atoms with van der Waals surface area (Å²) in [5, 5.41) is 9.28. The number of ether oxygens (including phenoxy) is 1. The van der Waals surface area contributed by atoms with E-state index in [0.717, 1.165) is 4.47 Å². The zero-order valence-corrected chi connectivity index (χ0v) is 13.9. The molecule has 1 unspecified atom stereocenters. The van der Waals surface area contributed by atoms with E-state index in [1.807, 2.05) is 0 Å². The molecule has 0 radical (unpaired) electrons. The first-order valence-corrected chi connectivity index (χ1v) is 8.65. The van der Waals surface area contributed by atoms with Gasteiger partial charge < -0.3 is 9.84 Å². The van der Waals surface area contributed by atoms with Crippen LogP contribution in [0.15, 0.2) is 32.0 Å². The second-order valence-electron chi connectivity index (χ2n) is 4.10. The third-order valence-corrected chi connectivity index (χ3v) is 6.29. The lowest BCUT2D eigenvalue weighted by atomic mass is 10.3. The molecule has 8 heteroatoms. The molecule has 1 aromatic rings. The van der Waals surface area contributed by atoms with E-state index < -0.39 is 16.1 Å². The van der Waals surface area contributed by atoms with Crippen molar-refractivity contribution in [2.24, 2.45) is 0 Å². The van der Waals surface area contributed by atoms with Gasteiger partial charge in [-0.05, 0) is 34.1 Å². The van der Waals surface area contributed by atoms with Crippen molar-refractivity contribution in [1.29, 1.82) is 0 Å². The van der Waals surface area contributed by atoms with E-state index in [4.69, 9.17) is 4.74 Å². The summed E-state index contributed by atoms with van der Waals surface area (Å²) in [5.41, 5.74) is 0. The van der Waals surface area contributed by atoms with Crippen molar-refractivity contribution in [3.05, 3.63) is 27.1 Å². The number of benzene rings is 1. The lowest BCUT2D eigenvalue weighted by Crippen LogP contribution is -2.50. The number of nitrogens with zero attached hydrogens (tertiary/aromatic N) is 1. The maximum absolute atomic E-state index is 12.6. The Morgan fingerprint density at radius 2 is 2.16 bits per heavy atom. The highest BCUT2D eigenvalue weighted by atomic mass is 79.9. The fourth-order valence-corrected chi connectivity index (χ4v) is 5.20. The summed E-state index contributed by atoms with van der Waals surface area (Å²) in [6.45, 7) is 0.539. The molecule has 1 fully saturated rings. The van der Waals surface area contributed by atoms with Gasteiger partial charge >= 0.3 is 0 Å². The van der Waals surface area contributed by atoms with Gasteiger partial charge in [-0.1, -0.05) is 15.9 Å². The molecule has 1 heterocycles. The average molecular weight is 415 g/mol. The Balaban J connectivity index is 2.40. The molecule has 0 aliphatic carbocycles. The summed E-state index contributed by atoms with van der Waals surface area (Å²) in [4.78, 5) is 0.191. The van der Waals surface area contributed by atoms with E-state index in [2.05, 4.69) is 31.9 Å². The Morgan fingerprint density at radius 1 is 1.42 bits per heavy atom. The Labute approximate surface area is 128 Å². The highest BCUT2D eigenvalue weighted by Crippen LogP contribution is 2.29. The standard InChI is InChI=1S/C11H13Br2NO4S/c12-8-1-2-11(10(13)5-8)19(16,17)14-3-4-18-7-9(14)6-15/h1-2,5,9,15H,3-4,6-7H2. The summed E-state index contributed by atoms with van der Waals surface area (Å²) in [7, 11) is -3.65. The number of aliphatic hydroxyl groups is 1. The van der Waals surface area contributed by atoms with E-state index >= 15 is 0 Å². The van der Waals surface area contributed by atoms with Gasteiger partial charge in [-0.25, -0.2) is 8.42 Å². The summed E-state index contributed by atoms with van der Waals surface area (Å²) in [6.07, 6.45) is 0. The first-order chi connectivity index (χ1) is 8.96. The molecule has 0 bridgehead atoms. The third-order valence-electron chi connectivity index (χ3n) is 2.86. The number of hydrogen-bond donors (Lipinski definition) is 1. The minimum Gasteiger partial charge on any atom is -0.395 e. The molecule has 5 nitrogen and oxygen atoms in total. The fourth-order valence-electron chi connectivity index (χ4n) is 1.91. The molecule has 1 aliphatic heterocycles. The van der Waals surface area contributed by atoms with E-state index in [-0.39, 0.29) is 24.7 Å². The average Bonchev–Trinajstić information content (AvgIpc) is 2.38. The van der Waals surface area contributed by atoms with Crippen LogP contribution in [0.5, 0.6) is 0 Å². The second-order valence-corrected chi connectivity index (χ2v) is 7.73. The Hall–Kier alpha value is 0.01000. The number of morpholine rings is 1. The molecule has 1 aliphatic rings. The minimum absolute atomic E-state index is 0.191. The van der Waals surface area contributed by atoms with E-state index in [1.54, 1.807) is 12.1 Å². The van der Waals surface area contributed by atoms with Gasteiger partial charge in [0.15, 0.2) is 0 Å². The molecular formula is C11H13Br2NO4S. The van der Waals surface area contributed by atoms with Crippen LogP contribution < -0.4 is 0 Å². The van der Waals surface area contributed by atoms with Crippen LogP contribution in [0.1, 0.15) is 0 Å². The molecular weight excluding hydrogens is 402 g/mol. The zero-order chi connectivity index (χ0) is 14.0. The van der Waals surface area contributed by atoms with Crippen LogP contribution in [0.3, 0.4) is 0 Å². The van der Waals surface area contributed by atoms with Crippen LogP contribution in [0.25, 0.3) is 0 Å². The van der Waals surface area contributed by atoms with Gasteiger partial charge in [0.05, 0.1) is 30.8 Å². The molecule has 0 aromatic heterocycles. The Kier molecular flexibility index (Phi) is 5.02. The lowest BCUT2D eigenvalue weighted by Gasteiger charge is -2.33. The van der Waals surface area contributed by atoms with Gasteiger partial charge in [0.2, 0.25) is 10.0 Å². The molecule has 1 saturated heterocycles. The van der Waals surface area contributed by atoms with Crippen molar-refractivity contribution in [3.63, 3.8) is 0 Å². The van der Waals surface area contributed by atoms with Crippen molar-refractivity contribution < 1.29 is 18.3 Å². The molecule has 2 rings (SSSR count). The third kappa shape index (κ3) is 3.20. The van der Waals surface area contributed by atoms with Crippen LogP contribution in [0.4, 0.5) is 0 Å². The van der Waals surface area contributed by atoms with Crippen LogP contribution >= 0.6 is 31.9 Å². The molecule has 19 heavy (non-hydrogen) atoms. The Bertz CT molecular complexity index is 564. The highest BCUT2D eigenvalue weighted by Gasteiger charge is 2.34. The summed E-state index contributed by atoms with van der Waals surface area (Å²) in [6, 6.07) is 4.36. The van der Waals surface area contributed by atoms with Crippen molar-refractivity contribution in [3.8, 4) is 0 Å². The second kappa shape index (κ2) is 6.19. The predicted molar refractivity (Wildman–Crippen MR) is 77.4 cm³/mol. The van der Waals surface area contributed by atoms with Gasteiger partial charge in [0.25, 0.3) is 0 Å². The van der Waals surface area contributed by atoms with E-state index in [1.165, 1.54) is 10.4 Å². The highest BCUT2D eigenvalue weighted by molar-refractivity contribution is 9.11. The first-order valence-electron chi connectivity index (χ1n) is 5.62. The smallest absolute Gasteiger partial charge is 0.244 e. The number of hydrogen-bond acceptors (Lipinski definition) is 4. The van der Waals surface area contributed by atoms with Crippen molar-refractivity contribution in [1.82, 2.24) is 4.31 Å². The number of rotatable bonds is 3. The fraction of sp³-hybridized carbons (Fsp3) is 0.455. The van der Waals surface area contributed by atoms with Gasteiger partial charge in [-0.15, -0.1) is 0 Å². The monoisotopic (exact) mass is 413 g/mol. The molecule has 0 spiro atoms. The van der Waals surface area contributed by atoms with Crippen molar-refractivity contribution in [2.45, 2.75) is 10.9 Å². The van der Waals surface area contributed by atoms with E-state index in [9.17, 15) is 13.5 Å². The molecule has 1 aromatic carbocycles. The van der Waals surface area contributed by atoms with Gasteiger partial charge in [-0.2, -0.15) is 4.31 Å². The van der Waals surface area contributed by atoms with Crippen LogP contribution in [0.2, 0.25) is 0 Å². The first kappa shape index (κ1) is 15.4. The van der Waals surface area contributed by atoms with Gasteiger partial charge in [0.1, 0.15) is 0 Å². The molecule has 106 valence electrons. The summed E-state index contributed by atoms with van der Waals surface area (Å²) >= 11 is 6.55. The SMILES string of the molecule is O=S(=O)(c1ccc(Br)cc1Br)N1CCOCC1CO. The van der Waals surface area contributed by atoms with E-state index in [0.29, 0.717) is 11.1 Å². The molecule has 1 N–H and O–H groups in total. The predicted octanol–water partition coefficient (Wildman–Crippen LogP) is 1.59.